The van der Waals surface area contributed by atoms with Gasteiger partial charge in [0.25, 0.3) is 0 Å². The molecule has 6 heteroatoms. The van der Waals surface area contributed by atoms with E-state index in [9.17, 15) is 13.2 Å². The lowest BCUT2D eigenvalue weighted by atomic mass is 9.99. The second kappa shape index (κ2) is 5.97. The Balaban J connectivity index is 2.89. The van der Waals surface area contributed by atoms with Gasteiger partial charge in [0.2, 0.25) is 15.9 Å². The third-order valence-electron chi connectivity index (χ3n) is 2.62. The van der Waals surface area contributed by atoms with Gasteiger partial charge in [-0.2, -0.15) is 0 Å². The van der Waals surface area contributed by atoms with Gasteiger partial charge in [0.1, 0.15) is 0 Å². The molecule has 100 valence electrons. The molecule has 0 bridgehead atoms. The van der Waals surface area contributed by atoms with Crippen molar-refractivity contribution in [1.82, 2.24) is 4.72 Å². The Morgan fingerprint density at radius 2 is 1.83 bits per heavy atom. The third kappa shape index (κ3) is 3.54. The minimum Gasteiger partial charge on any atom is -0.329 e. The van der Waals surface area contributed by atoms with Gasteiger partial charge in [-0.1, -0.05) is 30.3 Å². The van der Waals surface area contributed by atoms with E-state index in [0.717, 1.165) is 0 Å². The van der Waals surface area contributed by atoms with Crippen LogP contribution in [0.4, 0.5) is 0 Å². The highest BCUT2D eigenvalue weighted by Crippen LogP contribution is 2.15. The van der Waals surface area contributed by atoms with Crippen LogP contribution in [-0.4, -0.2) is 26.1 Å². The van der Waals surface area contributed by atoms with Crippen LogP contribution in [0.3, 0.4) is 0 Å². The lowest BCUT2D eigenvalue weighted by molar-refractivity contribution is -0.120. The van der Waals surface area contributed by atoms with Crippen LogP contribution in [0.25, 0.3) is 0 Å². The van der Waals surface area contributed by atoms with Gasteiger partial charge in [0.05, 0.1) is 11.2 Å². The zero-order valence-electron chi connectivity index (χ0n) is 10.5. The van der Waals surface area contributed by atoms with Crippen LogP contribution >= 0.6 is 0 Å². The van der Waals surface area contributed by atoms with Gasteiger partial charge in [0, 0.05) is 6.54 Å². The van der Waals surface area contributed by atoms with Crippen molar-refractivity contribution in [2.75, 3.05) is 6.54 Å². The van der Waals surface area contributed by atoms with E-state index >= 15 is 0 Å². The second-order valence-electron chi connectivity index (χ2n) is 4.26. The Kier molecular flexibility index (Phi) is 4.86. The Morgan fingerprint density at radius 3 is 2.28 bits per heavy atom. The maximum atomic E-state index is 11.9. The Hall–Kier alpha value is -1.40. The van der Waals surface area contributed by atoms with Crippen LogP contribution in [0, 0.1) is 0 Å². The molecule has 0 fully saturated rings. The molecule has 0 aliphatic carbocycles. The molecule has 3 N–H and O–H groups in total. The molecular formula is C12H18N2O3S. The van der Waals surface area contributed by atoms with Crippen LogP contribution in [-0.2, 0) is 14.8 Å². The average molecular weight is 270 g/mol. The Morgan fingerprint density at radius 1 is 1.28 bits per heavy atom. The number of hydrogen-bond donors (Lipinski definition) is 2. The normalized spacial score (nSPS) is 13.3. The molecule has 1 amide bonds. The highest BCUT2D eigenvalue weighted by Gasteiger charge is 2.25. The fourth-order valence-electron chi connectivity index (χ4n) is 1.41. The summed E-state index contributed by atoms with van der Waals surface area (Å²) in [7, 11) is -3.62. The zero-order chi connectivity index (χ0) is 13.8. The lowest BCUT2D eigenvalue weighted by Gasteiger charge is -2.16. The van der Waals surface area contributed by atoms with Crippen LogP contribution in [0.5, 0.6) is 0 Å². The maximum Gasteiger partial charge on any atom is 0.242 e. The fourth-order valence-corrected chi connectivity index (χ4v) is 2.07. The first-order valence-electron chi connectivity index (χ1n) is 5.69. The minimum atomic E-state index is -3.62. The molecule has 0 aliphatic rings. The van der Waals surface area contributed by atoms with Crippen molar-refractivity contribution in [3.63, 3.8) is 0 Å². The van der Waals surface area contributed by atoms with Crippen LogP contribution in [0.1, 0.15) is 25.3 Å². The van der Waals surface area contributed by atoms with Crippen molar-refractivity contribution < 1.29 is 13.2 Å². The van der Waals surface area contributed by atoms with Crippen molar-refractivity contribution >= 4 is 15.9 Å². The van der Waals surface area contributed by atoms with E-state index in [-0.39, 0.29) is 6.54 Å². The largest absolute Gasteiger partial charge is 0.329 e. The average Bonchev–Trinajstić information content (AvgIpc) is 2.30. The van der Waals surface area contributed by atoms with Gasteiger partial charge < -0.3 is 5.73 Å². The van der Waals surface area contributed by atoms with Crippen molar-refractivity contribution in [2.45, 2.75) is 25.0 Å². The summed E-state index contributed by atoms with van der Waals surface area (Å²) in [6.07, 6.45) is 0. The van der Waals surface area contributed by atoms with Crippen molar-refractivity contribution in [1.29, 1.82) is 0 Å². The Bertz CT molecular complexity index is 497. The minimum absolute atomic E-state index is 0.0590. The van der Waals surface area contributed by atoms with Crippen LogP contribution in [0.2, 0.25) is 0 Å². The van der Waals surface area contributed by atoms with Gasteiger partial charge in [-0.3, -0.25) is 9.52 Å². The predicted octanol–water partition coefficient (Wildman–Crippen LogP) is 0.583. The Labute approximate surface area is 107 Å². The van der Waals surface area contributed by atoms with E-state index in [4.69, 9.17) is 5.73 Å². The number of rotatable bonds is 5. The summed E-state index contributed by atoms with van der Waals surface area (Å²) < 4.78 is 25.3. The summed E-state index contributed by atoms with van der Waals surface area (Å²) in [5.74, 6) is -1.24. The smallest absolute Gasteiger partial charge is 0.242 e. The molecule has 0 heterocycles. The molecule has 1 aromatic carbocycles. The molecule has 1 aromatic rings. The van der Waals surface area contributed by atoms with E-state index < -0.39 is 27.1 Å². The highest BCUT2D eigenvalue weighted by molar-refractivity contribution is 7.90. The summed E-state index contributed by atoms with van der Waals surface area (Å²) in [4.78, 5) is 11.9. The number of nitrogens with one attached hydrogen (secondary N) is 1. The number of carbonyl (C=O) groups is 1. The molecular weight excluding hydrogens is 252 g/mol. The van der Waals surface area contributed by atoms with E-state index in [0.29, 0.717) is 5.56 Å². The summed E-state index contributed by atoms with van der Waals surface area (Å²) in [6.45, 7) is 3.08. The van der Waals surface area contributed by atoms with Gasteiger partial charge in [0.15, 0.2) is 0 Å². The van der Waals surface area contributed by atoms with Gasteiger partial charge in [-0.05, 0) is 19.4 Å². The molecule has 5 nitrogen and oxygen atoms in total. The quantitative estimate of drug-likeness (QED) is 0.819. The highest BCUT2D eigenvalue weighted by atomic mass is 32.2. The summed E-state index contributed by atoms with van der Waals surface area (Å²) >= 11 is 0. The van der Waals surface area contributed by atoms with E-state index in [2.05, 4.69) is 4.72 Å². The van der Waals surface area contributed by atoms with Crippen LogP contribution < -0.4 is 10.5 Å². The lowest BCUT2D eigenvalue weighted by Crippen LogP contribution is -2.40. The molecule has 0 saturated carbocycles. The zero-order valence-corrected chi connectivity index (χ0v) is 11.3. The number of sulfonamides is 1. The summed E-state index contributed by atoms with van der Waals surface area (Å²) in [5.41, 5.74) is 6.25. The van der Waals surface area contributed by atoms with Crippen molar-refractivity contribution in [2.24, 2.45) is 5.73 Å². The van der Waals surface area contributed by atoms with E-state index in [1.165, 1.54) is 13.8 Å². The number of carbonyl (C=O) groups excluding carboxylic acids is 1. The number of benzene rings is 1. The van der Waals surface area contributed by atoms with E-state index in [1.54, 1.807) is 24.3 Å². The first kappa shape index (κ1) is 14.7. The molecule has 0 aliphatic heterocycles. The van der Waals surface area contributed by atoms with Crippen molar-refractivity contribution in [3.05, 3.63) is 35.9 Å². The molecule has 0 aromatic heterocycles. The van der Waals surface area contributed by atoms with Gasteiger partial charge >= 0.3 is 0 Å². The van der Waals surface area contributed by atoms with E-state index in [1.807, 2.05) is 6.07 Å². The summed E-state index contributed by atoms with van der Waals surface area (Å²) in [6, 6.07) is 8.88. The van der Waals surface area contributed by atoms with Gasteiger partial charge in [-0.25, -0.2) is 8.42 Å². The molecule has 0 radical (unpaired) electrons. The van der Waals surface area contributed by atoms with Crippen LogP contribution in [0.15, 0.2) is 30.3 Å². The molecule has 1 rings (SSSR count). The second-order valence-corrected chi connectivity index (χ2v) is 6.50. The maximum absolute atomic E-state index is 11.9. The molecule has 18 heavy (non-hydrogen) atoms. The number of hydrogen-bond acceptors (Lipinski definition) is 4. The monoisotopic (exact) mass is 270 g/mol. The molecule has 0 saturated heterocycles. The first-order chi connectivity index (χ1) is 8.38. The molecule has 1 unspecified atom stereocenters. The number of nitrogens with two attached hydrogens (primary N) is 1. The standard InChI is InChI=1S/C12H18N2O3S/c1-9(2)18(16,17)14-12(15)11(8-13)10-6-4-3-5-7-10/h3-7,9,11H,8,13H2,1-2H3,(H,14,15). The molecule has 0 spiro atoms. The predicted molar refractivity (Wildman–Crippen MR) is 70.4 cm³/mol. The SMILES string of the molecule is CC(C)S(=O)(=O)NC(=O)C(CN)c1ccccc1. The molecule has 1 atom stereocenters. The first-order valence-corrected chi connectivity index (χ1v) is 7.23. The number of amides is 1. The third-order valence-corrected chi connectivity index (χ3v) is 4.34. The van der Waals surface area contributed by atoms with Crippen molar-refractivity contribution in [3.8, 4) is 0 Å². The topological polar surface area (TPSA) is 89.3 Å². The van der Waals surface area contributed by atoms with Gasteiger partial charge in [-0.15, -0.1) is 0 Å². The fraction of sp³-hybridized carbons (Fsp3) is 0.417. The summed E-state index contributed by atoms with van der Waals surface area (Å²) in [5, 5.41) is -0.657.